The summed E-state index contributed by atoms with van der Waals surface area (Å²) >= 11 is 1.37. The second-order valence-corrected chi connectivity index (χ2v) is 5.17. The zero-order valence-corrected chi connectivity index (χ0v) is 11.4. The van der Waals surface area contributed by atoms with Gasteiger partial charge in [0.2, 0.25) is 0 Å². The summed E-state index contributed by atoms with van der Waals surface area (Å²) in [7, 11) is 0. The van der Waals surface area contributed by atoms with E-state index in [1.165, 1.54) is 16.9 Å². The zero-order chi connectivity index (χ0) is 13.0. The van der Waals surface area contributed by atoms with E-state index in [0.717, 1.165) is 17.2 Å². The van der Waals surface area contributed by atoms with Gasteiger partial charge in [-0.15, -0.1) is 5.10 Å². The third-order valence-electron chi connectivity index (χ3n) is 2.89. The van der Waals surface area contributed by atoms with Crippen LogP contribution in [0.15, 0.2) is 24.3 Å². The van der Waals surface area contributed by atoms with Gasteiger partial charge in [0, 0.05) is 6.54 Å². The summed E-state index contributed by atoms with van der Waals surface area (Å²) in [5.41, 5.74) is 6.80. The van der Waals surface area contributed by atoms with Crippen LogP contribution in [0.3, 0.4) is 0 Å². The van der Waals surface area contributed by atoms with Gasteiger partial charge in [0.25, 0.3) is 5.19 Å². The highest BCUT2D eigenvalue weighted by molar-refractivity contribution is 7.13. The summed E-state index contributed by atoms with van der Waals surface area (Å²) < 4.78 is 5.62. The third kappa shape index (κ3) is 3.05. The van der Waals surface area contributed by atoms with Gasteiger partial charge in [0.15, 0.2) is 0 Å². The molecule has 0 radical (unpaired) electrons. The van der Waals surface area contributed by atoms with Crippen LogP contribution in [0.4, 0.5) is 0 Å². The molecule has 0 saturated heterocycles. The molecule has 1 aromatic carbocycles. The van der Waals surface area contributed by atoms with Crippen LogP contribution in [0.25, 0.3) is 0 Å². The summed E-state index contributed by atoms with van der Waals surface area (Å²) in [6, 6.07) is 8.11. The molecule has 2 aromatic rings. The molecule has 0 bridgehead atoms. The van der Waals surface area contributed by atoms with E-state index in [2.05, 4.69) is 36.2 Å². The number of aromatic nitrogens is 2. The van der Waals surface area contributed by atoms with Crippen LogP contribution in [-0.2, 0) is 6.54 Å². The summed E-state index contributed by atoms with van der Waals surface area (Å²) in [5, 5.41) is 9.14. The highest BCUT2D eigenvalue weighted by Crippen LogP contribution is 2.27. The predicted molar refractivity (Wildman–Crippen MR) is 73.0 cm³/mol. The minimum atomic E-state index is 0.397. The van der Waals surface area contributed by atoms with Crippen molar-refractivity contribution in [2.45, 2.75) is 32.7 Å². The van der Waals surface area contributed by atoms with Gasteiger partial charge < -0.3 is 10.5 Å². The molecule has 0 aliphatic rings. The standard InChI is InChI=1S/C13H17N3OS/c1-3-9(2)10-4-6-11(7-5-10)17-13-16-15-12(8-14)18-13/h4-7,9H,3,8,14H2,1-2H3. The van der Waals surface area contributed by atoms with Gasteiger partial charge in [-0.1, -0.05) is 42.4 Å². The Morgan fingerprint density at radius 2 is 2.00 bits per heavy atom. The lowest BCUT2D eigenvalue weighted by Crippen LogP contribution is -1.94. The lowest BCUT2D eigenvalue weighted by molar-refractivity contribution is 0.472. The quantitative estimate of drug-likeness (QED) is 0.899. The molecule has 0 fully saturated rings. The second-order valence-electron chi connectivity index (χ2n) is 4.15. The molecule has 5 heteroatoms. The van der Waals surface area contributed by atoms with E-state index in [1.54, 1.807) is 0 Å². The van der Waals surface area contributed by atoms with Gasteiger partial charge in [0.05, 0.1) is 0 Å². The molecule has 1 atom stereocenters. The maximum absolute atomic E-state index is 5.62. The van der Waals surface area contributed by atoms with Gasteiger partial charge in [-0.3, -0.25) is 0 Å². The first-order chi connectivity index (χ1) is 8.72. The van der Waals surface area contributed by atoms with Crippen molar-refractivity contribution in [2.24, 2.45) is 5.73 Å². The molecule has 0 spiro atoms. The lowest BCUT2D eigenvalue weighted by atomic mass is 9.99. The highest BCUT2D eigenvalue weighted by atomic mass is 32.1. The molecular formula is C13H17N3OS. The molecular weight excluding hydrogens is 246 g/mol. The van der Waals surface area contributed by atoms with Gasteiger partial charge in [-0.25, -0.2) is 0 Å². The SMILES string of the molecule is CCC(C)c1ccc(Oc2nnc(CN)s2)cc1. The highest BCUT2D eigenvalue weighted by Gasteiger charge is 2.06. The minimum Gasteiger partial charge on any atom is -0.430 e. The first-order valence-corrected chi connectivity index (χ1v) is 6.84. The number of ether oxygens (including phenoxy) is 1. The Morgan fingerprint density at radius 1 is 1.28 bits per heavy atom. The topological polar surface area (TPSA) is 61.0 Å². The predicted octanol–water partition coefficient (Wildman–Crippen LogP) is 3.30. The average molecular weight is 263 g/mol. The molecule has 96 valence electrons. The van der Waals surface area contributed by atoms with Crippen molar-refractivity contribution in [1.29, 1.82) is 0 Å². The van der Waals surface area contributed by atoms with Gasteiger partial charge >= 0.3 is 0 Å². The Morgan fingerprint density at radius 3 is 2.56 bits per heavy atom. The van der Waals surface area contributed by atoms with E-state index in [0.29, 0.717) is 17.7 Å². The van der Waals surface area contributed by atoms with Crippen molar-refractivity contribution in [1.82, 2.24) is 10.2 Å². The molecule has 1 heterocycles. The van der Waals surface area contributed by atoms with Crippen LogP contribution in [0.2, 0.25) is 0 Å². The van der Waals surface area contributed by atoms with Crippen LogP contribution in [0, 0.1) is 0 Å². The normalized spacial score (nSPS) is 12.4. The van der Waals surface area contributed by atoms with Crippen LogP contribution in [-0.4, -0.2) is 10.2 Å². The summed E-state index contributed by atoms with van der Waals surface area (Å²) in [4.78, 5) is 0. The second kappa shape index (κ2) is 5.93. The number of hydrogen-bond donors (Lipinski definition) is 1. The number of nitrogens with zero attached hydrogens (tertiary/aromatic N) is 2. The van der Waals surface area contributed by atoms with Crippen molar-refractivity contribution in [3.8, 4) is 10.9 Å². The molecule has 1 aromatic heterocycles. The van der Waals surface area contributed by atoms with Crippen molar-refractivity contribution >= 4 is 11.3 Å². The largest absolute Gasteiger partial charge is 0.430 e. The van der Waals surface area contributed by atoms with E-state index >= 15 is 0 Å². The Bertz CT molecular complexity index is 495. The Kier molecular flexibility index (Phi) is 4.28. The number of rotatable bonds is 5. The number of nitrogens with two attached hydrogens (primary N) is 1. The van der Waals surface area contributed by atoms with E-state index in [9.17, 15) is 0 Å². The average Bonchev–Trinajstić information content (AvgIpc) is 2.86. The van der Waals surface area contributed by atoms with Gasteiger partial charge in [0.1, 0.15) is 10.8 Å². The molecule has 18 heavy (non-hydrogen) atoms. The Balaban J connectivity index is 2.06. The van der Waals surface area contributed by atoms with E-state index in [1.807, 2.05) is 12.1 Å². The number of hydrogen-bond acceptors (Lipinski definition) is 5. The molecule has 2 N–H and O–H groups in total. The monoisotopic (exact) mass is 263 g/mol. The van der Waals surface area contributed by atoms with Crippen LogP contribution < -0.4 is 10.5 Å². The Hall–Kier alpha value is -1.46. The van der Waals surface area contributed by atoms with Crippen LogP contribution >= 0.6 is 11.3 Å². The molecule has 4 nitrogen and oxygen atoms in total. The molecule has 2 rings (SSSR count). The summed E-state index contributed by atoms with van der Waals surface area (Å²) in [5.74, 6) is 1.35. The van der Waals surface area contributed by atoms with Crippen molar-refractivity contribution in [3.05, 3.63) is 34.8 Å². The van der Waals surface area contributed by atoms with E-state index in [-0.39, 0.29) is 0 Å². The zero-order valence-electron chi connectivity index (χ0n) is 10.6. The smallest absolute Gasteiger partial charge is 0.299 e. The minimum absolute atomic E-state index is 0.397. The molecule has 0 amide bonds. The van der Waals surface area contributed by atoms with Crippen molar-refractivity contribution < 1.29 is 4.74 Å². The summed E-state index contributed by atoms with van der Waals surface area (Å²) in [6.45, 7) is 4.80. The van der Waals surface area contributed by atoms with Crippen LogP contribution in [0.5, 0.6) is 10.9 Å². The molecule has 0 aliphatic carbocycles. The first kappa shape index (κ1) is 13.0. The fraction of sp³-hybridized carbons (Fsp3) is 0.385. The summed E-state index contributed by atoms with van der Waals surface area (Å²) in [6.07, 6.45) is 1.14. The molecule has 0 aliphatic heterocycles. The Labute approximate surface area is 111 Å². The van der Waals surface area contributed by atoms with E-state index in [4.69, 9.17) is 10.5 Å². The van der Waals surface area contributed by atoms with Gasteiger partial charge in [-0.05, 0) is 30.0 Å². The number of benzene rings is 1. The molecule has 1 unspecified atom stereocenters. The fourth-order valence-corrected chi connectivity index (χ4v) is 2.15. The fourth-order valence-electron chi connectivity index (χ4n) is 1.56. The molecule has 0 saturated carbocycles. The van der Waals surface area contributed by atoms with Crippen molar-refractivity contribution in [2.75, 3.05) is 0 Å². The van der Waals surface area contributed by atoms with Gasteiger partial charge in [-0.2, -0.15) is 0 Å². The van der Waals surface area contributed by atoms with E-state index < -0.39 is 0 Å². The third-order valence-corrected chi connectivity index (χ3v) is 3.71. The maximum atomic E-state index is 5.62. The van der Waals surface area contributed by atoms with Crippen molar-refractivity contribution in [3.63, 3.8) is 0 Å². The maximum Gasteiger partial charge on any atom is 0.299 e. The first-order valence-electron chi connectivity index (χ1n) is 6.03. The van der Waals surface area contributed by atoms with Crippen LogP contribution in [0.1, 0.15) is 36.8 Å². The lowest BCUT2D eigenvalue weighted by Gasteiger charge is -2.09.